The van der Waals surface area contributed by atoms with E-state index in [1.807, 2.05) is 0 Å². The molecule has 6 heteroatoms. The maximum absolute atomic E-state index is 12.4. The highest BCUT2D eigenvalue weighted by Crippen LogP contribution is 2.27. The summed E-state index contributed by atoms with van der Waals surface area (Å²) in [5.41, 5.74) is 2.38. The van der Waals surface area contributed by atoms with Gasteiger partial charge in [0.1, 0.15) is 0 Å². The van der Waals surface area contributed by atoms with E-state index in [0.717, 1.165) is 11.1 Å². The van der Waals surface area contributed by atoms with Crippen LogP contribution in [0, 0.1) is 0 Å². The SMILES string of the molecule is O=C(O)c1ccc2c(c1)CN(C(=O)c1cnccc1Cl)C2. The van der Waals surface area contributed by atoms with Gasteiger partial charge in [-0.3, -0.25) is 9.78 Å². The zero-order valence-electron chi connectivity index (χ0n) is 10.9. The van der Waals surface area contributed by atoms with E-state index >= 15 is 0 Å². The number of rotatable bonds is 2. The minimum atomic E-state index is -0.974. The first-order chi connectivity index (χ1) is 10.1. The Kier molecular flexibility index (Phi) is 3.35. The second-order valence-corrected chi connectivity index (χ2v) is 5.21. The molecule has 0 spiro atoms. The number of halogens is 1. The number of carbonyl (C=O) groups is 2. The lowest BCUT2D eigenvalue weighted by Crippen LogP contribution is -2.25. The number of aromatic carboxylic acids is 1. The molecule has 3 rings (SSSR count). The van der Waals surface area contributed by atoms with Crippen molar-refractivity contribution in [3.63, 3.8) is 0 Å². The molecule has 2 heterocycles. The Balaban J connectivity index is 1.86. The van der Waals surface area contributed by atoms with Gasteiger partial charge in [0, 0.05) is 25.5 Å². The average Bonchev–Trinajstić information content (AvgIpc) is 2.89. The molecular formula is C15H11ClN2O3. The van der Waals surface area contributed by atoms with Gasteiger partial charge in [0.2, 0.25) is 0 Å². The number of nitrogens with zero attached hydrogens (tertiary/aromatic N) is 2. The molecule has 0 radical (unpaired) electrons. The third-order valence-corrected chi connectivity index (χ3v) is 3.79. The van der Waals surface area contributed by atoms with E-state index in [9.17, 15) is 9.59 Å². The number of pyridine rings is 1. The van der Waals surface area contributed by atoms with Crippen molar-refractivity contribution in [1.82, 2.24) is 9.88 Å². The molecule has 0 atom stereocenters. The highest BCUT2D eigenvalue weighted by molar-refractivity contribution is 6.33. The van der Waals surface area contributed by atoms with Crippen molar-refractivity contribution in [1.29, 1.82) is 0 Å². The normalized spacial score (nSPS) is 13.1. The van der Waals surface area contributed by atoms with Crippen molar-refractivity contribution in [3.8, 4) is 0 Å². The van der Waals surface area contributed by atoms with Gasteiger partial charge in [-0.25, -0.2) is 4.79 Å². The number of hydrogen-bond donors (Lipinski definition) is 1. The fraction of sp³-hybridized carbons (Fsp3) is 0.133. The molecule has 0 aliphatic carbocycles. The maximum atomic E-state index is 12.4. The van der Waals surface area contributed by atoms with Crippen molar-refractivity contribution in [3.05, 3.63) is 63.9 Å². The quantitative estimate of drug-likeness (QED) is 0.925. The van der Waals surface area contributed by atoms with E-state index in [-0.39, 0.29) is 11.5 Å². The predicted octanol–water partition coefficient (Wildman–Crippen LogP) is 2.59. The smallest absolute Gasteiger partial charge is 0.335 e. The molecule has 0 saturated heterocycles. The van der Waals surface area contributed by atoms with E-state index in [1.54, 1.807) is 29.2 Å². The second kappa shape index (κ2) is 5.18. The minimum absolute atomic E-state index is 0.207. The molecule has 5 nitrogen and oxygen atoms in total. The Labute approximate surface area is 125 Å². The van der Waals surface area contributed by atoms with Gasteiger partial charge in [-0.1, -0.05) is 17.7 Å². The van der Waals surface area contributed by atoms with Gasteiger partial charge in [0.05, 0.1) is 16.1 Å². The van der Waals surface area contributed by atoms with E-state index in [2.05, 4.69) is 4.98 Å². The van der Waals surface area contributed by atoms with Crippen LogP contribution in [0.15, 0.2) is 36.7 Å². The van der Waals surface area contributed by atoms with Crippen LogP contribution in [0.3, 0.4) is 0 Å². The number of carboxylic acids is 1. The zero-order chi connectivity index (χ0) is 15.0. The van der Waals surface area contributed by atoms with Gasteiger partial charge >= 0.3 is 5.97 Å². The van der Waals surface area contributed by atoms with Crippen LogP contribution in [0.25, 0.3) is 0 Å². The minimum Gasteiger partial charge on any atom is -0.478 e. The van der Waals surface area contributed by atoms with Crippen LogP contribution in [0.1, 0.15) is 31.8 Å². The van der Waals surface area contributed by atoms with Gasteiger partial charge in [-0.15, -0.1) is 0 Å². The Bertz CT molecular complexity index is 745. The van der Waals surface area contributed by atoms with Gasteiger partial charge < -0.3 is 10.0 Å². The molecule has 1 amide bonds. The number of aromatic nitrogens is 1. The summed E-state index contributed by atoms with van der Waals surface area (Å²) in [5.74, 6) is -1.18. The van der Waals surface area contributed by atoms with E-state index in [4.69, 9.17) is 16.7 Å². The largest absolute Gasteiger partial charge is 0.478 e. The van der Waals surface area contributed by atoms with Crippen LogP contribution in [0.4, 0.5) is 0 Å². The fourth-order valence-electron chi connectivity index (χ4n) is 2.38. The summed E-state index contributed by atoms with van der Waals surface area (Å²) in [4.78, 5) is 29.0. The Morgan fingerprint density at radius 3 is 2.67 bits per heavy atom. The Hall–Kier alpha value is -2.40. The van der Waals surface area contributed by atoms with E-state index in [0.29, 0.717) is 23.7 Å². The monoisotopic (exact) mass is 302 g/mol. The summed E-state index contributed by atoms with van der Waals surface area (Å²) in [6.07, 6.45) is 2.97. The molecule has 1 aliphatic rings. The lowest BCUT2D eigenvalue weighted by molar-refractivity contribution is 0.0696. The van der Waals surface area contributed by atoms with Crippen LogP contribution in [0.5, 0.6) is 0 Å². The number of hydrogen-bond acceptors (Lipinski definition) is 3. The lowest BCUT2D eigenvalue weighted by Gasteiger charge is -2.15. The van der Waals surface area contributed by atoms with Crippen LogP contribution in [-0.2, 0) is 13.1 Å². The summed E-state index contributed by atoms with van der Waals surface area (Å²) < 4.78 is 0. The number of fused-ring (bicyclic) bond motifs is 1. The average molecular weight is 303 g/mol. The third-order valence-electron chi connectivity index (χ3n) is 3.46. The zero-order valence-corrected chi connectivity index (χ0v) is 11.7. The van der Waals surface area contributed by atoms with Crippen LogP contribution >= 0.6 is 11.6 Å². The van der Waals surface area contributed by atoms with Crippen molar-refractivity contribution in [2.45, 2.75) is 13.1 Å². The van der Waals surface area contributed by atoms with Gasteiger partial charge in [0.15, 0.2) is 0 Å². The van der Waals surface area contributed by atoms with Crippen LogP contribution in [0.2, 0.25) is 5.02 Å². The molecule has 0 bridgehead atoms. The number of amides is 1. The molecular weight excluding hydrogens is 292 g/mol. The first-order valence-corrected chi connectivity index (χ1v) is 6.68. The molecule has 106 valence electrons. The molecule has 1 aliphatic heterocycles. The van der Waals surface area contributed by atoms with Crippen molar-refractivity contribution in [2.75, 3.05) is 0 Å². The lowest BCUT2D eigenvalue weighted by atomic mass is 10.1. The van der Waals surface area contributed by atoms with Crippen LogP contribution in [-0.4, -0.2) is 26.9 Å². The highest BCUT2D eigenvalue weighted by atomic mass is 35.5. The third kappa shape index (κ3) is 2.48. The number of carbonyl (C=O) groups excluding carboxylic acids is 1. The van der Waals surface area contributed by atoms with Crippen molar-refractivity contribution >= 4 is 23.5 Å². The Morgan fingerprint density at radius 1 is 1.19 bits per heavy atom. The number of carboxylic acid groups (broad SMARTS) is 1. The predicted molar refractivity (Wildman–Crippen MR) is 76.2 cm³/mol. The Morgan fingerprint density at radius 2 is 1.95 bits per heavy atom. The van der Waals surface area contributed by atoms with E-state index in [1.165, 1.54) is 12.4 Å². The number of benzene rings is 1. The van der Waals surface area contributed by atoms with Crippen LogP contribution < -0.4 is 0 Å². The molecule has 2 aromatic rings. The van der Waals surface area contributed by atoms with E-state index < -0.39 is 5.97 Å². The first kappa shape index (κ1) is 13.6. The topological polar surface area (TPSA) is 70.5 Å². The molecule has 0 saturated carbocycles. The van der Waals surface area contributed by atoms with Crippen molar-refractivity contribution in [2.24, 2.45) is 0 Å². The molecule has 1 aromatic heterocycles. The molecule has 1 aromatic carbocycles. The molecule has 1 N–H and O–H groups in total. The summed E-state index contributed by atoms with van der Waals surface area (Å²) in [6, 6.07) is 6.47. The summed E-state index contributed by atoms with van der Waals surface area (Å²) in [6.45, 7) is 0.819. The fourth-order valence-corrected chi connectivity index (χ4v) is 2.56. The van der Waals surface area contributed by atoms with Gasteiger partial charge in [-0.2, -0.15) is 0 Å². The standard InChI is InChI=1S/C15H11ClN2O3/c16-13-3-4-17-6-12(13)14(19)18-7-10-2-1-9(15(20)21)5-11(10)8-18/h1-6H,7-8H2,(H,20,21). The molecule has 21 heavy (non-hydrogen) atoms. The summed E-state index contributed by atoms with van der Waals surface area (Å²) in [7, 11) is 0. The molecule has 0 unspecified atom stereocenters. The van der Waals surface area contributed by atoms with Gasteiger partial charge in [0.25, 0.3) is 5.91 Å². The second-order valence-electron chi connectivity index (χ2n) is 4.81. The molecule has 0 fully saturated rings. The summed E-state index contributed by atoms with van der Waals surface area (Å²) >= 11 is 6.01. The maximum Gasteiger partial charge on any atom is 0.335 e. The van der Waals surface area contributed by atoms with Crippen molar-refractivity contribution < 1.29 is 14.7 Å². The first-order valence-electron chi connectivity index (χ1n) is 6.30. The highest BCUT2D eigenvalue weighted by Gasteiger charge is 2.26. The van der Waals surface area contributed by atoms with Gasteiger partial charge in [-0.05, 0) is 29.3 Å². The summed E-state index contributed by atoms with van der Waals surface area (Å²) in [5, 5.41) is 9.36.